The summed E-state index contributed by atoms with van der Waals surface area (Å²) in [7, 11) is -3.73. The number of hydrogen-bond donors (Lipinski definition) is 2. The Labute approximate surface area is 178 Å². The summed E-state index contributed by atoms with van der Waals surface area (Å²) in [6.07, 6.45) is 1.07. The molecule has 2 amide bonds. The van der Waals surface area contributed by atoms with Crippen LogP contribution in [0, 0.1) is 13.8 Å². The molecule has 2 aromatic rings. The van der Waals surface area contributed by atoms with Gasteiger partial charge in [-0.15, -0.1) is 0 Å². The van der Waals surface area contributed by atoms with Gasteiger partial charge in [0.2, 0.25) is 15.9 Å². The number of carbonyl (C=O) groups is 2. The van der Waals surface area contributed by atoms with Crippen molar-refractivity contribution >= 4 is 33.2 Å². The summed E-state index contributed by atoms with van der Waals surface area (Å²) in [6, 6.07) is 10.8. The minimum absolute atomic E-state index is 0.0642. The number of para-hydroxylation sites is 1. The van der Waals surface area contributed by atoms with E-state index in [0.29, 0.717) is 16.9 Å². The molecule has 8 heteroatoms. The molecule has 0 bridgehead atoms. The SMILES string of the molecule is Cc1ccc(N(C(C)C(=O)Nc2ccccc2C(=O)NC(C)C)S(C)(=O)=O)cc1C. The maximum Gasteiger partial charge on any atom is 0.253 e. The molecular formula is C22H29N3O4S. The highest BCUT2D eigenvalue weighted by Gasteiger charge is 2.30. The molecule has 2 rings (SSSR count). The van der Waals surface area contributed by atoms with Crippen LogP contribution in [0.1, 0.15) is 42.3 Å². The molecule has 1 unspecified atom stereocenters. The average Bonchev–Trinajstić information content (AvgIpc) is 2.63. The van der Waals surface area contributed by atoms with Gasteiger partial charge in [0.05, 0.1) is 23.2 Å². The number of hydrogen-bond acceptors (Lipinski definition) is 4. The molecule has 2 aromatic carbocycles. The van der Waals surface area contributed by atoms with E-state index in [4.69, 9.17) is 0 Å². The average molecular weight is 432 g/mol. The molecule has 0 heterocycles. The summed E-state index contributed by atoms with van der Waals surface area (Å²) in [5, 5.41) is 5.50. The van der Waals surface area contributed by atoms with E-state index in [1.807, 2.05) is 33.8 Å². The highest BCUT2D eigenvalue weighted by molar-refractivity contribution is 7.92. The molecule has 0 aliphatic rings. The Morgan fingerprint density at radius 2 is 1.60 bits per heavy atom. The van der Waals surface area contributed by atoms with Crippen LogP contribution in [0.4, 0.5) is 11.4 Å². The second kappa shape index (κ2) is 9.30. The maximum atomic E-state index is 13.0. The van der Waals surface area contributed by atoms with E-state index in [2.05, 4.69) is 10.6 Å². The van der Waals surface area contributed by atoms with Crippen molar-refractivity contribution < 1.29 is 18.0 Å². The van der Waals surface area contributed by atoms with Crippen molar-refractivity contribution in [1.82, 2.24) is 5.32 Å². The second-order valence-corrected chi connectivity index (χ2v) is 9.53. The van der Waals surface area contributed by atoms with Crippen molar-refractivity contribution in [2.24, 2.45) is 0 Å². The van der Waals surface area contributed by atoms with Gasteiger partial charge in [0, 0.05) is 6.04 Å². The van der Waals surface area contributed by atoms with Crippen LogP contribution in [0.2, 0.25) is 0 Å². The Kier molecular flexibility index (Phi) is 7.25. The monoisotopic (exact) mass is 431 g/mol. The van der Waals surface area contributed by atoms with Crippen LogP contribution in [-0.4, -0.2) is 38.6 Å². The predicted molar refractivity (Wildman–Crippen MR) is 120 cm³/mol. The van der Waals surface area contributed by atoms with Crippen LogP contribution in [0.15, 0.2) is 42.5 Å². The van der Waals surface area contributed by atoms with Gasteiger partial charge in [0.15, 0.2) is 0 Å². The fourth-order valence-electron chi connectivity index (χ4n) is 3.04. The molecule has 0 aliphatic carbocycles. The van der Waals surface area contributed by atoms with Crippen molar-refractivity contribution in [1.29, 1.82) is 0 Å². The van der Waals surface area contributed by atoms with Gasteiger partial charge in [-0.1, -0.05) is 18.2 Å². The van der Waals surface area contributed by atoms with E-state index in [1.165, 1.54) is 6.92 Å². The van der Waals surface area contributed by atoms with Gasteiger partial charge >= 0.3 is 0 Å². The molecule has 0 saturated carbocycles. The third-order valence-electron chi connectivity index (χ3n) is 4.68. The first kappa shape index (κ1) is 23.4. The number of amides is 2. The van der Waals surface area contributed by atoms with Crippen molar-refractivity contribution in [3.05, 3.63) is 59.2 Å². The van der Waals surface area contributed by atoms with Gasteiger partial charge in [0.1, 0.15) is 6.04 Å². The molecule has 0 aliphatic heterocycles. The van der Waals surface area contributed by atoms with Crippen LogP contribution in [0.5, 0.6) is 0 Å². The molecule has 0 spiro atoms. The van der Waals surface area contributed by atoms with E-state index >= 15 is 0 Å². The zero-order valence-electron chi connectivity index (χ0n) is 18.2. The molecule has 7 nitrogen and oxygen atoms in total. The number of nitrogens with zero attached hydrogens (tertiary/aromatic N) is 1. The number of benzene rings is 2. The number of rotatable bonds is 7. The van der Waals surface area contributed by atoms with E-state index in [-0.39, 0.29) is 11.9 Å². The molecule has 0 radical (unpaired) electrons. The minimum atomic E-state index is -3.73. The molecule has 0 fully saturated rings. The minimum Gasteiger partial charge on any atom is -0.350 e. The lowest BCUT2D eigenvalue weighted by Crippen LogP contribution is -2.45. The van der Waals surface area contributed by atoms with Crippen molar-refractivity contribution in [2.75, 3.05) is 15.9 Å². The highest BCUT2D eigenvalue weighted by Crippen LogP contribution is 2.25. The summed E-state index contributed by atoms with van der Waals surface area (Å²) in [6.45, 7) is 9.01. The van der Waals surface area contributed by atoms with Gasteiger partial charge in [-0.25, -0.2) is 8.42 Å². The van der Waals surface area contributed by atoms with E-state index < -0.39 is 22.0 Å². The smallest absolute Gasteiger partial charge is 0.253 e. The molecule has 30 heavy (non-hydrogen) atoms. The second-order valence-electron chi connectivity index (χ2n) is 7.67. The molecule has 0 aromatic heterocycles. The van der Waals surface area contributed by atoms with Crippen LogP contribution in [-0.2, 0) is 14.8 Å². The zero-order chi connectivity index (χ0) is 22.6. The quantitative estimate of drug-likeness (QED) is 0.704. The fourth-order valence-corrected chi connectivity index (χ4v) is 4.21. The van der Waals surface area contributed by atoms with Gasteiger partial charge in [-0.2, -0.15) is 0 Å². The number of sulfonamides is 1. The Hall–Kier alpha value is -2.87. The Morgan fingerprint density at radius 1 is 0.967 bits per heavy atom. The van der Waals surface area contributed by atoms with Crippen LogP contribution < -0.4 is 14.9 Å². The van der Waals surface area contributed by atoms with Gasteiger partial charge < -0.3 is 10.6 Å². The summed E-state index contributed by atoms with van der Waals surface area (Å²) in [5.41, 5.74) is 2.98. The standard InChI is InChI=1S/C22H29N3O4S/c1-14(2)23-22(27)19-9-7-8-10-20(19)24-21(26)17(5)25(30(6,28)29)18-12-11-15(3)16(4)13-18/h7-14,17H,1-6H3,(H,23,27)(H,24,26). The van der Waals surface area contributed by atoms with Crippen molar-refractivity contribution in [2.45, 2.75) is 46.7 Å². The first-order chi connectivity index (χ1) is 13.9. The summed E-state index contributed by atoms with van der Waals surface area (Å²) in [5.74, 6) is -0.855. The molecule has 1 atom stereocenters. The van der Waals surface area contributed by atoms with Crippen LogP contribution >= 0.6 is 0 Å². The van der Waals surface area contributed by atoms with Crippen LogP contribution in [0.25, 0.3) is 0 Å². The molecular weight excluding hydrogens is 402 g/mol. The van der Waals surface area contributed by atoms with Crippen molar-refractivity contribution in [3.63, 3.8) is 0 Å². The molecule has 162 valence electrons. The van der Waals surface area contributed by atoms with E-state index in [0.717, 1.165) is 21.7 Å². The third kappa shape index (κ3) is 5.60. The normalized spacial score (nSPS) is 12.4. The third-order valence-corrected chi connectivity index (χ3v) is 5.92. The number of carbonyl (C=O) groups excluding carboxylic acids is 2. The maximum absolute atomic E-state index is 13.0. The lowest BCUT2D eigenvalue weighted by Gasteiger charge is -2.29. The first-order valence-electron chi connectivity index (χ1n) is 9.69. The lowest BCUT2D eigenvalue weighted by atomic mass is 10.1. The summed E-state index contributed by atoms with van der Waals surface area (Å²) >= 11 is 0. The number of anilines is 2. The summed E-state index contributed by atoms with van der Waals surface area (Å²) in [4.78, 5) is 25.4. The van der Waals surface area contributed by atoms with E-state index in [1.54, 1.807) is 36.4 Å². The van der Waals surface area contributed by atoms with Gasteiger partial charge in [-0.3, -0.25) is 13.9 Å². The fraction of sp³-hybridized carbons (Fsp3) is 0.364. The van der Waals surface area contributed by atoms with E-state index in [9.17, 15) is 18.0 Å². The van der Waals surface area contributed by atoms with Gasteiger partial charge in [-0.05, 0) is 70.0 Å². The predicted octanol–water partition coefficient (Wildman–Crippen LogP) is 3.23. The molecule has 0 saturated heterocycles. The van der Waals surface area contributed by atoms with Gasteiger partial charge in [0.25, 0.3) is 5.91 Å². The van der Waals surface area contributed by atoms with Crippen LogP contribution in [0.3, 0.4) is 0 Å². The van der Waals surface area contributed by atoms with Crippen molar-refractivity contribution in [3.8, 4) is 0 Å². The topological polar surface area (TPSA) is 95.6 Å². The number of aryl methyl sites for hydroxylation is 2. The largest absolute Gasteiger partial charge is 0.350 e. The Morgan fingerprint density at radius 3 is 2.17 bits per heavy atom. The summed E-state index contributed by atoms with van der Waals surface area (Å²) < 4.78 is 26.1. The molecule has 2 N–H and O–H groups in total. The highest BCUT2D eigenvalue weighted by atomic mass is 32.2. The Bertz CT molecular complexity index is 1050. The Balaban J connectivity index is 2.35. The first-order valence-corrected chi connectivity index (χ1v) is 11.5. The zero-order valence-corrected chi connectivity index (χ0v) is 19.0. The lowest BCUT2D eigenvalue weighted by molar-refractivity contribution is -0.116. The number of nitrogens with one attached hydrogen (secondary N) is 2.